The van der Waals surface area contributed by atoms with E-state index in [2.05, 4.69) is 58.4 Å². The van der Waals surface area contributed by atoms with Crippen LogP contribution in [0.1, 0.15) is 0 Å². The largest absolute Gasteiger partial charge is 0.456 e. The molecule has 0 fully saturated rings. The monoisotopic (exact) mass is 412 g/mol. The molecule has 2 heterocycles. The highest BCUT2D eigenvalue weighted by molar-refractivity contribution is 9.10. The fourth-order valence-electron chi connectivity index (χ4n) is 3.89. The third kappa shape index (κ3) is 2.18. The normalized spacial score (nSPS) is 11.9. The topological polar surface area (TPSA) is 26.3 Å². The highest BCUT2D eigenvalue weighted by Crippen LogP contribution is 2.38. The molecule has 0 amide bonds. The Kier molecular flexibility index (Phi) is 3.06. The number of hydrogen-bond acceptors (Lipinski definition) is 2. The molecule has 128 valence electrons. The Morgan fingerprint density at radius 1 is 0.556 bits per heavy atom. The van der Waals surface area contributed by atoms with Gasteiger partial charge in [0.1, 0.15) is 22.3 Å². The van der Waals surface area contributed by atoms with Gasteiger partial charge in [0.05, 0.1) is 0 Å². The minimum Gasteiger partial charge on any atom is -0.456 e. The molecule has 0 radical (unpaired) electrons. The zero-order valence-corrected chi connectivity index (χ0v) is 15.8. The van der Waals surface area contributed by atoms with Gasteiger partial charge >= 0.3 is 0 Å². The summed E-state index contributed by atoms with van der Waals surface area (Å²) in [6.45, 7) is 0. The molecule has 3 heteroatoms. The van der Waals surface area contributed by atoms with Crippen molar-refractivity contribution in [2.75, 3.05) is 0 Å². The predicted octanol–water partition coefficient (Wildman–Crippen LogP) is 7.91. The number of benzene rings is 4. The lowest BCUT2D eigenvalue weighted by molar-refractivity contribution is 0.668. The van der Waals surface area contributed by atoms with Gasteiger partial charge in [-0.05, 0) is 42.0 Å². The summed E-state index contributed by atoms with van der Waals surface area (Å²) in [5.74, 6) is 0. The molecule has 0 unspecified atom stereocenters. The Morgan fingerprint density at radius 3 is 2.26 bits per heavy atom. The van der Waals surface area contributed by atoms with Crippen molar-refractivity contribution in [2.24, 2.45) is 0 Å². The second-order valence-electron chi connectivity index (χ2n) is 6.73. The predicted molar refractivity (Wildman–Crippen MR) is 114 cm³/mol. The maximum absolute atomic E-state index is 6.23. The van der Waals surface area contributed by atoms with E-state index in [9.17, 15) is 0 Å². The Labute approximate surface area is 163 Å². The van der Waals surface area contributed by atoms with Gasteiger partial charge in [-0.25, -0.2) is 0 Å². The standard InChI is InChI=1S/C24H13BrO2/c25-15-9-11-23-20(13-15)18-6-3-5-16(24(18)27-23)14-8-10-22-19(12-14)17-4-1-2-7-21(17)26-22/h1-13H. The van der Waals surface area contributed by atoms with E-state index in [0.29, 0.717) is 0 Å². The van der Waals surface area contributed by atoms with Crippen LogP contribution in [0.15, 0.2) is 92.2 Å². The van der Waals surface area contributed by atoms with Crippen LogP contribution in [0, 0.1) is 0 Å². The van der Waals surface area contributed by atoms with Gasteiger partial charge in [0, 0.05) is 31.6 Å². The molecule has 0 aliphatic rings. The zero-order chi connectivity index (χ0) is 18.0. The molecule has 0 bridgehead atoms. The summed E-state index contributed by atoms with van der Waals surface area (Å²) in [6.07, 6.45) is 0. The second kappa shape index (κ2) is 5.48. The van der Waals surface area contributed by atoms with Crippen LogP contribution < -0.4 is 0 Å². The van der Waals surface area contributed by atoms with Gasteiger partial charge in [-0.15, -0.1) is 0 Å². The van der Waals surface area contributed by atoms with Gasteiger partial charge in [0.25, 0.3) is 0 Å². The van der Waals surface area contributed by atoms with Crippen molar-refractivity contribution < 1.29 is 8.83 Å². The quantitative estimate of drug-likeness (QED) is 0.274. The molecule has 6 rings (SSSR count). The summed E-state index contributed by atoms with van der Waals surface area (Å²) in [5.41, 5.74) is 5.84. The Bertz CT molecular complexity index is 1490. The minimum atomic E-state index is 0.899. The first kappa shape index (κ1) is 15.1. The summed E-state index contributed by atoms with van der Waals surface area (Å²) in [4.78, 5) is 0. The van der Waals surface area contributed by atoms with Crippen molar-refractivity contribution in [1.82, 2.24) is 0 Å². The van der Waals surface area contributed by atoms with Crippen LogP contribution in [-0.2, 0) is 0 Å². The smallest absolute Gasteiger partial charge is 0.143 e. The number of rotatable bonds is 1. The average Bonchev–Trinajstić information content (AvgIpc) is 3.25. The van der Waals surface area contributed by atoms with Crippen LogP contribution in [0.3, 0.4) is 0 Å². The highest BCUT2D eigenvalue weighted by Gasteiger charge is 2.14. The molecule has 0 aliphatic carbocycles. The van der Waals surface area contributed by atoms with Crippen LogP contribution in [0.4, 0.5) is 0 Å². The third-order valence-corrected chi connectivity index (χ3v) is 5.64. The molecule has 27 heavy (non-hydrogen) atoms. The van der Waals surface area contributed by atoms with E-state index in [1.165, 1.54) is 0 Å². The van der Waals surface area contributed by atoms with Crippen molar-refractivity contribution in [1.29, 1.82) is 0 Å². The first-order valence-corrected chi connectivity index (χ1v) is 9.60. The Hall–Kier alpha value is -3.04. The maximum atomic E-state index is 6.23. The van der Waals surface area contributed by atoms with E-state index in [-0.39, 0.29) is 0 Å². The van der Waals surface area contributed by atoms with Crippen LogP contribution in [0.25, 0.3) is 55.0 Å². The van der Waals surface area contributed by atoms with Gasteiger partial charge in [-0.3, -0.25) is 0 Å². The fraction of sp³-hybridized carbons (Fsp3) is 0. The van der Waals surface area contributed by atoms with Crippen LogP contribution in [-0.4, -0.2) is 0 Å². The minimum absolute atomic E-state index is 0.899. The maximum Gasteiger partial charge on any atom is 0.143 e. The van der Waals surface area contributed by atoms with Gasteiger partial charge < -0.3 is 8.83 Å². The highest BCUT2D eigenvalue weighted by atomic mass is 79.9. The van der Waals surface area contributed by atoms with E-state index < -0.39 is 0 Å². The Balaban J connectivity index is 1.67. The lowest BCUT2D eigenvalue weighted by atomic mass is 10.0. The van der Waals surface area contributed by atoms with E-state index in [1.54, 1.807) is 0 Å². The lowest BCUT2D eigenvalue weighted by Crippen LogP contribution is -1.79. The molecular formula is C24H13BrO2. The average molecular weight is 413 g/mol. The second-order valence-corrected chi connectivity index (χ2v) is 7.65. The number of halogens is 1. The lowest BCUT2D eigenvalue weighted by Gasteiger charge is -2.03. The SMILES string of the molecule is Brc1ccc2oc3c(-c4ccc5oc6ccccc6c5c4)cccc3c2c1. The van der Waals surface area contributed by atoms with Gasteiger partial charge in [-0.1, -0.05) is 58.4 Å². The number of furan rings is 2. The van der Waals surface area contributed by atoms with Crippen LogP contribution in [0.5, 0.6) is 0 Å². The molecule has 0 aliphatic heterocycles. The summed E-state index contributed by atoms with van der Waals surface area (Å²) < 4.78 is 13.2. The van der Waals surface area contributed by atoms with Crippen LogP contribution in [0.2, 0.25) is 0 Å². The van der Waals surface area contributed by atoms with Crippen molar-refractivity contribution >= 4 is 59.8 Å². The molecule has 0 saturated carbocycles. The number of para-hydroxylation sites is 2. The Morgan fingerprint density at radius 2 is 1.30 bits per heavy atom. The summed E-state index contributed by atoms with van der Waals surface area (Å²) in [7, 11) is 0. The van der Waals surface area contributed by atoms with E-state index in [1.807, 2.05) is 36.4 Å². The van der Waals surface area contributed by atoms with Crippen molar-refractivity contribution in [3.05, 3.63) is 83.3 Å². The molecule has 0 spiro atoms. The van der Waals surface area contributed by atoms with Crippen LogP contribution >= 0.6 is 15.9 Å². The van der Waals surface area contributed by atoms with E-state index >= 15 is 0 Å². The fourth-order valence-corrected chi connectivity index (χ4v) is 4.25. The van der Waals surface area contributed by atoms with Crippen molar-refractivity contribution in [2.45, 2.75) is 0 Å². The van der Waals surface area contributed by atoms with E-state index in [0.717, 1.165) is 59.5 Å². The third-order valence-electron chi connectivity index (χ3n) is 5.15. The number of fused-ring (bicyclic) bond motifs is 6. The van der Waals surface area contributed by atoms with Gasteiger partial charge in [0.15, 0.2) is 0 Å². The van der Waals surface area contributed by atoms with Crippen molar-refractivity contribution in [3.63, 3.8) is 0 Å². The van der Waals surface area contributed by atoms with Gasteiger partial charge in [0.2, 0.25) is 0 Å². The first-order chi connectivity index (χ1) is 13.3. The molecule has 0 atom stereocenters. The first-order valence-electron chi connectivity index (χ1n) is 8.80. The zero-order valence-electron chi connectivity index (χ0n) is 14.2. The molecule has 2 nitrogen and oxygen atoms in total. The van der Waals surface area contributed by atoms with E-state index in [4.69, 9.17) is 8.83 Å². The summed E-state index contributed by atoms with van der Waals surface area (Å²) >= 11 is 3.56. The van der Waals surface area contributed by atoms with Crippen molar-refractivity contribution in [3.8, 4) is 11.1 Å². The molecule has 0 saturated heterocycles. The molecule has 4 aromatic carbocycles. The molecular weight excluding hydrogens is 400 g/mol. The van der Waals surface area contributed by atoms with Gasteiger partial charge in [-0.2, -0.15) is 0 Å². The molecule has 6 aromatic rings. The molecule has 0 N–H and O–H groups in total. The summed E-state index contributed by atoms with van der Waals surface area (Å²) in [6, 6.07) is 26.9. The molecule has 2 aromatic heterocycles. The number of hydrogen-bond donors (Lipinski definition) is 0. The summed E-state index contributed by atoms with van der Waals surface area (Å²) in [5, 5.41) is 4.51.